The molecule has 0 radical (unpaired) electrons. The summed E-state index contributed by atoms with van der Waals surface area (Å²) >= 11 is 0. The number of rotatable bonds is 6. The molecule has 1 aliphatic heterocycles. The molecule has 1 saturated heterocycles. The molecule has 3 rings (SSSR count). The standard InChI is InChI=1S/C19H28N4O/c1-21(2)10-9-18-15-23(11-12-24-18)14-17-13-22(3)20-19(17)16-7-5-4-6-8-16/h4-8,13,18H,9-12,14-15H2,1-3H3. The summed E-state index contributed by atoms with van der Waals surface area (Å²) in [6, 6.07) is 10.4. The fourth-order valence-electron chi connectivity index (χ4n) is 3.23. The number of hydrogen-bond donors (Lipinski definition) is 0. The van der Waals surface area contributed by atoms with Crippen molar-refractivity contribution in [2.24, 2.45) is 7.05 Å². The smallest absolute Gasteiger partial charge is 0.0968 e. The number of aryl methyl sites for hydroxylation is 1. The average molecular weight is 328 g/mol. The third-order valence-corrected chi connectivity index (χ3v) is 4.47. The molecule has 0 aliphatic carbocycles. The highest BCUT2D eigenvalue weighted by Gasteiger charge is 2.22. The second-order valence-corrected chi connectivity index (χ2v) is 6.86. The summed E-state index contributed by atoms with van der Waals surface area (Å²) in [6.07, 6.45) is 3.56. The van der Waals surface area contributed by atoms with Crippen LogP contribution < -0.4 is 0 Å². The predicted octanol–water partition coefficient (Wildman–Crippen LogP) is 2.24. The van der Waals surface area contributed by atoms with Crippen molar-refractivity contribution in [2.75, 3.05) is 40.3 Å². The van der Waals surface area contributed by atoms with Gasteiger partial charge in [-0.3, -0.25) is 9.58 Å². The van der Waals surface area contributed by atoms with Gasteiger partial charge in [-0.05, 0) is 20.5 Å². The molecule has 1 fully saturated rings. The summed E-state index contributed by atoms with van der Waals surface area (Å²) in [4.78, 5) is 4.71. The Morgan fingerprint density at radius 2 is 2.04 bits per heavy atom. The van der Waals surface area contributed by atoms with Gasteiger partial charge >= 0.3 is 0 Å². The van der Waals surface area contributed by atoms with Gasteiger partial charge in [0.25, 0.3) is 0 Å². The summed E-state index contributed by atoms with van der Waals surface area (Å²) in [5.41, 5.74) is 3.57. The topological polar surface area (TPSA) is 33.5 Å². The number of hydrogen-bond acceptors (Lipinski definition) is 4. The van der Waals surface area contributed by atoms with Gasteiger partial charge in [-0.15, -0.1) is 0 Å². The Kier molecular flexibility index (Phi) is 5.66. The molecule has 5 heteroatoms. The van der Waals surface area contributed by atoms with Crippen molar-refractivity contribution < 1.29 is 4.74 Å². The van der Waals surface area contributed by atoms with E-state index >= 15 is 0 Å². The van der Waals surface area contributed by atoms with E-state index in [4.69, 9.17) is 4.74 Å². The highest BCUT2D eigenvalue weighted by Crippen LogP contribution is 2.23. The van der Waals surface area contributed by atoms with Gasteiger partial charge in [0.1, 0.15) is 0 Å². The lowest BCUT2D eigenvalue weighted by molar-refractivity contribution is -0.0369. The number of benzene rings is 1. The highest BCUT2D eigenvalue weighted by molar-refractivity contribution is 5.62. The van der Waals surface area contributed by atoms with Gasteiger partial charge in [0.2, 0.25) is 0 Å². The van der Waals surface area contributed by atoms with Gasteiger partial charge in [0.05, 0.1) is 18.4 Å². The first-order valence-corrected chi connectivity index (χ1v) is 8.68. The van der Waals surface area contributed by atoms with Crippen LogP contribution >= 0.6 is 0 Å². The van der Waals surface area contributed by atoms with Crippen LogP contribution in [-0.4, -0.2) is 66.0 Å². The SMILES string of the molecule is CN(C)CCC1CN(Cc2cn(C)nc2-c2ccccc2)CCO1. The minimum atomic E-state index is 0.331. The van der Waals surface area contributed by atoms with E-state index in [-0.39, 0.29) is 0 Å². The molecule has 0 bridgehead atoms. The molecule has 0 saturated carbocycles. The first-order chi connectivity index (χ1) is 11.6. The lowest BCUT2D eigenvalue weighted by atomic mass is 10.1. The first kappa shape index (κ1) is 17.1. The Bertz CT molecular complexity index is 638. The van der Waals surface area contributed by atoms with Crippen LogP contribution in [0.4, 0.5) is 0 Å². The van der Waals surface area contributed by atoms with Crippen LogP contribution in [0.25, 0.3) is 11.3 Å². The minimum absolute atomic E-state index is 0.331. The third-order valence-electron chi connectivity index (χ3n) is 4.47. The largest absolute Gasteiger partial charge is 0.376 e. The van der Waals surface area contributed by atoms with Gasteiger partial charge in [-0.1, -0.05) is 30.3 Å². The van der Waals surface area contributed by atoms with E-state index in [0.29, 0.717) is 6.10 Å². The maximum absolute atomic E-state index is 5.93. The number of nitrogens with zero attached hydrogens (tertiary/aromatic N) is 4. The summed E-state index contributed by atoms with van der Waals surface area (Å²) in [5, 5.41) is 4.68. The number of morpholine rings is 1. The van der Waals surface area contributed by atoms with E-state index in [9.17, 15) is 0 Å². The average Bonchev–Trinajstić information content (AvgIpc) is 2.94. The molecule has 0 amide bonds. The molecule has 5 nitrogen and oxygen atoms in total. The second kappa shape index (κ2) is 7.92. The molecule has 0 spiro atoms. The van der Waals surface area contributed by atoms with Crippen molar-refractivity contribution in [1.82, 2.24) is 19.6 Å². The van der Waals surface area contributed by atoms with Crippen LogP contribution in [0.2, 0.25) is 0 Å². The van der Waals surface area contributed by atoms with Crippen LogP contribution in [0.5, 0.6) is 0 Å². The van der Waals surface area contributed by atoms with E-state index in [1.54, 1.807) is 0 Å². The van der Waals surface area contributed by atoms with E-state index in [0.717, 1.165) is 44.9 Å². The van der Waals surface area contributed by atoms with Crippen molar-refractivity contribution in [2.45, 2.75) is 19.1 Å². The first-order valence-electron chi connectivity index (χ1n) is 8.68. The predicted molar refractivity (Wildman–Crippen MR) is 96.8 cm³/mol. The van der Waals surface area contributed by atoms with E-state index in [2.05, 4.69) is 59.5 Å². The van der Waals surface area contributed by atoms with E-state index < -0.39 is 0 Å². The maximum atomic E-state index is 5.93. The molecule has 1 aliphatic rings. The Morgan fingerprint density at radius 1 is 1.25 bits per heavy atom. The molecule has 0 N–H and O–H groups in total. The number of ether oxygens (including phenoxy) is 1. The molecule has 1 aromatic carbocycles. The minimum Gasteiger partial charge on any atom is -0.376 e. The Morgan fingerprint density at radius 3 is 2.79 bits per heavy atom. The van der Waals surface area contributed by atoms with E-state index in [1.165, 1.54) is 11.1 Å². The van der Waals surface area contributed by atoms with Gasteiger partial charge in [0.15, 0.2) is 0 Å². The molecule has 2 aromatic rings. The van der Waals surface area contributed by atoms with E-state index in [1.807, 2.05) is 17.8 Å². The maximum Gasteiger partial charge on any atom is 0.0968 e. The van der Waals surface area contributed by atoms with Crippen molar-refractivity contribution >= 4 is 0 Å². The molecular weight excluding hydrogens is 300 g/mol. The summed E-state index contributed by atoms with van der Waals surface area (Å²) in [6.45, 7) is 4.80. The quantitative estimate of drug-likeness (QED) is 0.814. The molecular formula is C19H28N4O. The van der Waals surface area contributed by atoms with Gasteiger partial charge < -0.3 is 9.64 Å². The lowest BCUT2D eigenvalue weighted by Gasteiger charge is -2.33. The normalized spacial score (nSPS) is 19.1. The van der Waals surface area contributed by atoms with Crippen LogP contribution in [0.15, 0.2) is 36.5 Å². The van der Waals surface area contributed by atoms with Crippen molar-refractivity contribution in [3.63, 3.8) is 0 Å². The monoisotopic (exact) mass is 328 g/mol. The Hall–Kier alpha value is -1.69. The lowest BCUT2D eigenvalue weighted by Crippen LogP contribution is -2.42. The molecule has 2 heterocycles. The zero-order valence-corrected chi connectivity index (χ0v) is 15.0. The fourth-order valence-corrected chi connectivity index (χ4v) is 3.23. The molecule has 24 heavy (non-hydrogen) atoms. The second-order valence-electron chi connectivity index (χ2n) is 6.86. The zero-order valence-electron chi connectivity index (χ0n) is 15.0. The molecule has 130 valence electrons. The fraction of sp³-hybridized carbons (Fsp3) is 0.526. The van der Waals surface area contributed by atoms with Crippen molar-refractivity contribution in [3.05, 3.63) is 42.1 Å². The number of aromatic nitrogens is 2. The van der Waals surface area contributed by atoms with Crippen LogP contribution in [0.3, 0.4) is 0 Å². The summed E-state index contributed by atoms with van der Waals surface area (Å²) in [7, 11) is 6.22. The third kappa shape index (κ3) is 4.44. The van der Waals surface area contributed by atoms with Gasteiger partial charge in [0, 0.05) is 50.6 Å². The van der Waals surface area contributed by atoms with Crippen LogP contribution in [0.1, 0.15) is 12.0 Å². The highest BCUT2D eigenvalue weighted by atomic mass is 16.5. The molecule has 1 unspecified atom stereocenters. The van der Waals surface area contributed by atoms with Crippen molar-refractivity contribution in [1.29, 1.82) is 0 Å². The van der Waals surface area contributed by atoms with Gasteiger partial charge in [-0.2, -0.15) is 5.10 Å². The van der Waals surface area contributed by atoms with Crippen LogP contribution in [-0.2, 0) is 18.3 Å². The van der Waals surface area contributed by atoms with Crippen LogP contribution in [0, 0.1) is 0 Å². The Balaban J connectivity index is 1.68. The van der Waals surface area contributed by atoms with Crippen molar-refractivity contribution in [3.8, 4) is 11.3 Å². The summed E-state index contributed by atoms with van der Waals surface area (Å²) in [5.74, 6) is 0. The molecule has 1 atom stereocenters. The summed E-state index contributed by atoms with van der Waals surface area (Å²) < 4.78 is 7.85. The molecule has 1 aromatic heterocycles. The zero-order chi connectivity index (χ0) is 16.9. The van der Waals surface area contributed by atoms with Gasteiger partial charge in [-0.25, -0.2) is 0 Å². The Labute approximate surface area is 144 Å².